The summed E-state index contributed by atoms with van der Waals surface area (Å²) in [4.78, 5) is 10.7. The molecule has 3 heterocycles. The van der Waals surface area contributed by atoms with Crippen LogP contribution in [0.1, 0.15) is 35.5 Å². The zero-order valence-electron chi connectivity index (χ0n) is 15.4. The number of halogens is 3. The van der Waals surface area contributed by atoms with Gasteiger partial charge in [-0.3, -0.25) is 4.21 Å². The Morgan fingerprint density at radius 2 is 2.14 bits per heavy atom. The minimum atomic E-state index is -4.63. The molecule has 0 aromatic carbocycles. The van der Waals surface area contributed by atoms with E-state index in [1.54, 1.807) is 23.7 Å². The van der Waals surface area contributed by atoms with Crippen LogP contribution in [0.3, 0.4) is 0 Å². The molecule has 4 rings (SSSR count). The average molecular weight is 431 g/mol. The smallest absolute Gasteiger partial charge is 0.368 e. The van der Waals surface area contributed by atoms with E-state index in [-0.39, 0.29) is 16.4 Å². The highest BCUT2D eigenvalue weighted by Crippen LogP contribution is 2.41. The highest BCUT2D eigenvalue weighted by atomic mass is 32.2. The molecule has 2 aromatic rings. The Morgan fingerprint density at radius 3 is 2.82 bits per heavy atom. The number of aryl methyl sites for hydroxylation is 1. The van der Waals surface area contributed by atoms with Crippen molar-refractivity contribution in [2.45, 2.75) is 43.2 Å². The third-order valence-electron chi connectivity index (χ3n) is 5.33. The van der Waals surface area contributed by atoms with E-state index >= 15 is 0 Å². The highest BCUT2D eigenvalue weighted by Gasteiger charge is 2.46. The minimum Gasteiger partial charge on any atom is -0.368 e. The van der Waals surface area contributed by atoms with Crippen LogP contribution in [-0.2, 0) is 29.9 Å². The Labute approximate surface area is 167 Å². The van der Waals surface area contributed by atoms with Gasteiger partial charge in [-0.05, 0) is 42.7 Å². The summed E-state index contributed by atoms with van der Waals surface area (Å²) in [5.74, 6) is -0.750. The van der Waals surface area contributed by atoms with Crippen LogP contribution in [0.25, 0.3) is 0 Å². The van der Waals surface area contributed by atoms with Gasteiger partial charge in [0.1, 0.15) is 11.6 Å². The van der Waals surface area contributed by atoms with Crippen LogP contribution in [0.4, 0.5) is 24.8 Å². The first-order valence-corrected chi connectivity index (χ1v) is 11.5. The quantitative estimate of drug-likeness (QED) is 0.781. The first-order valence-electron chi connectivity index (χ1n) is 9.11. The number of hydrogen-bond acceptors (Lipinski definition) is 6. The lowest BCUT2D eigenvalue weighted by atomic mass is 10.2. The monoisotopic (exact) mass is 430 g/mol. The van der Waals surface area contributed by atoms with Gasteiger partial charge in [0.2, 0.25) is 5.82 Å². The SMILES string of the molecule is CS(=O)C1(CNc2cc(N3CCCc4sccc4C3)nc(C(F)(F)F)n2)CC1. The zero-order valence-corrected chi connectivity index (χ0v) is 17.0. The number of hydrogen-bond donors (Lipinski definition) is 1. The van der Waals surface area contributed by atoms with Crippen molar-refractivity contribution >= 4 is 33.8 Å². The number of rotatable bonds is 5. The van der Waals surface area contributed by atoms with Gasteiger partial charge in [0.15, 0.2) is 0 Å². The van der Waals surface area contributed by atoms with Crippen LogP contribution in [0.5, 0.6) is 0 Å². The molecule has 1 N–H and O–H groups in total. The molecule has 0 amide bonds. The number of nitrogens with zero attached hydrogens (tertiary/aromatic N) is 3. The van der Waals surface area contributed by atoms with E-state index in [0.29, 0.717) is 19.6 Å². The summed E-state index contributed by atoms with van der Waals surface area (Å²) in [6, 6.07) is 3.60. The summed E-state index contributed by atoms with van der Waals surface area (Å²) in [5, 5.41) is 5.00. The number of alkyl halides is 3. The highest BCUT2D eigenvalue weighted by molar-refractivity contribution is 7.86. The lowest BCUT2D eigenvalue weighted by Gasteiger charge is -2.23. The number of anilines is 2. The fourth-order valence-electron chi connectivity index (χ4n) is 3.41. The van der Waals surface area contributed by atoms with Gasteiger partial charge >= 0.3 is 6.18 Å². The van der Waals surface area contributed by atoms with Crippen molar-refractivity contribution in [1.82, 2.24) is 9.97 Å². The Kier molecular flexibility index (Phi) is 5.11. The Morgan fingerprint density at radius 1 is 1.36 bits per heavy atom. The van der Waals surface area contributed by atoms with Gasteiger partial charge in [-0.25, -0.2) is 9.97 Å². The van der Waals surface area contributed by atoms with Crippen molar-refractivity contribution < 1.29 is 17.4 Å². The molecule has 1 unspecified atom stereocenters. The lowest BCUT2D eigenvalue weighted by molar-refractivity contribution is -0.144. The van der Waals surface area contributed by atoms with E-state index in [4.69, 9.17) is 0 Å². The molecule has 0 saturated heterocycles. The van der Waals surface area contributed by atoms with Crippen LogP contribution in [0.2, 0.25) is 0 Å². The third kappa shape index (κ3) is 4.03. The van der Waals surface area contributed by atoms with Gasteiger partial charge in [-0.2, -0.15) is 13.2 Å². The van der Waals surface area contributed by atoms with Crippen LogP contribution >= 0.6 is 11.3 Å². The van der Waals surface area contributed by atoms with E-state index in [1.165, 1.54) is 4.88 Å². The largest absolute Gasteiger partial charge is 0.451 e. The van der Waals surface area contributed by atoms with Crippen molar-refractivity contribution in [3.8, 4) is 0 Å². The summed E-state index contributed by atoms with van der Waals surface area (Å²) in [6.07, 6.45) is 0.407. The molecule has 28 heavy (non-hydrogen) atoms. The molecule has 2 aliphatic rings. The second kappa shape index (κ2) is 7.29. The first-order chi connectivity index (χ1) is 13.3. The molecule has 152 valence electrons. The first kappa shape index (κ1) is 19.6. The van der Waals surface area contributed by atoms with Crippen molar-refractivity contribution in [2.24, 2.45) is 0 Å². The van der Waals surface area contributed by atoms with Crippen molar-refractivity contribution in [3.05, 3.63) is 33.8 Å². The van der Waals surface area contributed by atoms with Gasteiger partial charge in [0, 0.05) is 47.6 Å². The molecular weight excluding hydrogens is 409 g/mol. The van der Waals surface area contributed by atoms with Crippen LogP contribution in [0, 0.1) is 0 Å². The topological polar surface area (TPSA) is 58.1 Å². The van der Waals surface area contributed by atoms with Crippen molar-refractivity contribution in [3.63, 3.8) is 0 Å². The molecule has 0 bridgehead atoms. The van der Waals surface area contributed by atoms with Gasteiger partial charge in [0.05, 0.1) is 4.75 Å². The van der Waals surface area contributed by atoms with E-state index in [0.717, 1.165) is 31.2 Å². The fraction of sp³-hybridized carbons (Fsp3) is 0.556. The summed E-state index contributed by atoms with van der Waals surface area (Å²) in [6.45, 7) is 1.52. The molecule has 1 fully saturated rings. The fourth-order valence-corrected chi connectivity index (χ4v) is 5.30. The number of nitrogens with one attached hydrogen (secondary N) is 1. The van der Waals surface area contributed by atoms with E-state index in [1.807, 2.05) is 16.3 Å². The molecule has 0 spiro atoms. The number of thiophene rings is 1. The zero-order chi connectivity index (χ0) is 19.9. The molecular formula is C18H21F3N4OS2. The summed E-state index contributed by atoms with van der Waals surface area (Å²) >= 11 is 1.69. The molecule has 10 heteroatoms. The second-order valence-corrected chi connectivity index (χ2v) is 10.1. The minimum absolute atomic E-state index is 0.129. The number of aromatic nitrogens is 2. The average Bonchev–Trinajstić information content (AvgIpc) is 3.37. The molecule has 1 aliphatic carbocycles. The molecule has 0 radical (unpaired) electrons. The molecule has 1 saturated carbocycles. The Bertz CT molecular complexity index is 895. The van der Waals surface area contributed by atoms with Gasteiger partial charge in [-0.1, -0.05) is 0 Å². The molecule has 1 aliphatic heterocycles. The van der Waals surface area contributed by atoms with E-state index in [2.05, 4.69) is 15.3 Å². The predicted molar refractivity (Wildman–Crippen MR) is 105 cm³/mol. The van der Waals surface area contributed by atoms with Gasteiger partial charge in [-0.15, -0.1) is 11.3 Å². The maximum atomic E-state index is 13.4. The number of fused-ring (bicyclic) bond motifs is 1. The standard InChI is InChI=1S/C18H21F3N4OS2/c1-28(26)17(5-6-17)11-22-14-9-15(24-16(23-14)18(19,20)21)25-7-2-3-13-12(10-25)4-8-27-13/h4,8-9H,2-3,5-7,10-11H2,1H3,(H,22,23,24). The Balaban J connectivity index is 1.62. The summed E-state index contributed by atoms with van der Waals surface area (Å²) in [5.41, 5.74) is 1.14. The molecule has 5 nitrogen and oxygen atoms in total. The predicted octanol–water partition coefficient (Wildman–Crippen LogP) is 3.83. The van der Waals surface area contributed by atoms with E-state index in [9.17, 15) is 17.4 Å². The summed E-state index contributed by atoms with van der Waals surface area (Å²) < 4.78 is 51.7. The molecule has 2 aromatic heterocycles. The lowest BCUT2D eigenvalue weighted by Crippen LogP contribution is -2.28. The van der Waals surface area contributed by atoms with Crippen LogP contribution < -0.4 is 10.2 Å². The molecule has 1 atom stereocenters. The maximum Gasteiger partial charge on any atom is 0.451 e. The van der Waals surface area contributed by atoms with Crippen molar-refractivity contribution in [1.29, 1.82) is 0 Å². The van der Waals surface area contributed by atoms with Crippen LogP contribution in [-0.4, -0.2) is 38.3 Å². The maximum absolute atomic E-state index is 13.4. The normalized spacial score (nSPS) is 19.6. The van der Waals surface area contributed by atoms with Crippen molar-refractivity contribution in [2.75, 3.05) is 29.6 Å². The summed E-state index contributed by atoms with van der Waals surface area (Å²) in [7, 11) is -1.03. The Hall–Kier alpha value is -1.68. The second-order valence-electron chi connectivity index (χ2n) is 7.32. The third-order valence-corrected chi connectivity index (χ3v) is 8.13. The van der Waals surface area contributed by atoms with Gasteiger partial charge in [0.25, 0.3) is 0 Å². The van der Waals surface area contributed by atoms with Crippen LogP contribution in [0.15, 0.2) is 17.5 Å². The van der Waals surface area contributed by atoms with E-state index < -0.39 is 22.8 Å². The van der Waals surface area contributed by atoms with Gasteiger partial charge < -0.3 is 10.2 Å².